The van der Waals surface area contributed by atoms with Crippen LogP contribution in [0.2, 0.25) is 0 Å². The molecule has 3 nitrogen and oxygen atoms in total. The SMILES string of the molecule is NC1=C(N)CNC(F)=C1. The van der Waals surface area contributed by atoms with E-state index in [0.29, 0.717) is 17.9 Å². The Hall–Kier alpha value is -1.19. The van der Waals surface area contributed by atoms with E-state index in [1.165, 1.54) is 6.08 Å². The molecule has 0 bridgehead atoms. The lowest BCUT2D eigenvalue weighted by Crippen LogP contribution is -2.26. The normalized spacial score (nSPS) is 19.0. The molecule has 0 aromatic carbocycles. The van der Waals surface area contributed by atoms with E-state index in [1.807, 2.05) is 0 Å². The second kappa shape index (κ2) is 1.97. The molecule has 50 valence electrons. The maximum atomic E-state index is 12.2. The summed E-state index contributed by atoms with van der Waals surface area (Å²) in [5.74, 6) is -0.429. The summed E-state index contributed by atoms with van der Waals surface area (Å²) in [5.41, 5.74) is 11.4. The van der Waals surface area contributed by atoms with Gasteiger partial charge < -0.3 is 16.8 Å². The zero-order valence-electron chi connectivity index (χ0n) is 4.82. The lowest BCUT2D eigenvalue weighted by molar-refractivity contribution is 0.546. The van der Waals surface area contributed by atoms with Crippen LogP contribution >= 0.6 is 0 Å². The van der Waals surface area contributed by atoms with Crippen LogP contribution in [0.5, 0.6) is 0 Å². The van der Waals surface area contributed by atoms with Crippen molar-refractivity contribution in [3.63, 3.8) is 0 Å². The van der Waals surface area contributed by atoms with Crippen molar-refractivity contribution in [2.24, 2.45) is 11.5 Å². The Kier molecular flexibility index (Phi) is 1.30. The van der Waals surface area contributed by atoms with Crippen molar-refractivity contribution in [3.05, 3.63) is 23.4 Å². The van der Waals surface area contributed by atoms with Crippen LogP contribution in [0.4, 0.5) is 4.39 Å². The van der Waals surface area contributed by atoms with E-state index in [1.54, 1.807) is 0 Å². The third-order valence-corrected chi connectivity index (χ3v) is 1.10. The van der Waals surface area contributed by atoms with Crippen LogP contribution in [0.3, 0.4) is 0 Å². The third-order valence-electron chi connectivity index (χ3n) is 1.10. The van der Waals surface area contributed by atoms with Gasteiger partial charge >= 0.3 is 0 Å². The van der Waals surface area contributed by atoms with Gasteiger partial charge in [-0.15, -0.1) is 0 Å². The van der Waals surface area contributed by atoms with E-state index in [0.717, 1.165) is 0 Å². The summed E-state index contributed by atoms with van der Waals surface area (Å²) < 4.78 is 12.2. The summed E-state index contributed by atoms with van der Waals surface area (Å²) in [6.07, 6.45) is 1.17. The fraction of sp³-hybridized carbons (Fsp3) is 0.200. The average molecular weight is 129 g/mol. The minimum atomic E-state index is -0.429. The van der Waals surface area contributed by atoms with E-state index >= 15 is 0 Å². The second-order valence-electron chi connectivity index (χ2n) is 1.83. The topological polar surface area (TPSA) is 64.1 Å². The summed E-state index contributed by atoms with van der Waals surface area (Å²) >= 11 is 0. The van der Waals surface area contributed by atoms with Gasteiger partial charge in [-0.2, -0.15) is 4.39 Å². The molecule has 9 heavy (non-hydrogen) atoms. The van der Waals surface area contributed by atoms with Crippen molar-refractivity contribution < 1.29 is 4.39 Å². The van der Waals surface area contributed by atoms with Crippen LogP contribution in [0, 0.1) is 0 Å². The number of nitrogens with one attached hydrogen (secondary N) is 1. The molecule has 0 fully saturated rings. The molecule has 1 aliphatic heterocycles. The van der Waals surface area contributed by atoms with Gasteiger partial charge in [-0.25, -0.2) is 0 Å². The van der Waals surface area contributed by atoms with Gasteiger partial charge in [0.05, 0.1) is 17.9 Å². The number of rotatable bonds is 0. The molecule has 0 amide bonds. The van der Waals surface area contributed by atoms with Crippen LogP contribution < -0.4 is 16.8 Å². The highest BCUT2D eigenvalue weighted by atomic mass is 19.1. The Morgan fingerprint density at radius 2 is 2.22 bits per heavy atom. The van der Waals surface area contributed by atoms with E-state index < -0.39 is 5.95 Å². The number of nitrogens with two attached hydrogens (primary N) is 2. The minimum Gasteiger partial charge on any atom is -0.399 e. The van der Waals surface area contributed by atoms with Gasteiger partial charge in [-0.05, 0) is 0 Å². The maximum absolute atomic E-state index is 12.2. The molecule has 0 atom stereocenters. The van der Waals surface area contributed by atoms with Crippen LogP contribution in [-0.4, -0.2) is 6.54 Å². The third kappa shape index (κ3) is 1.13. The zero-order valence-corrected chi connectivity index (χ0v) is 4.82. The number of allylic oxidation sites excluding steroid dienone is 1. The summed E-state index contributed by atoms with van der Waals surface area (Å²) in [6, 6.07) is 0. The smallest absolute Gasteiger partial charge is 0.189 e. The zero-order chi connectivity index (χ0) is 6.85. The molecular formula is C5H8FN3. The fourth-order valence-electron chi connectivity index (χ4n) is 0.562. The molecule has 0 aliphatic carbocycles. The standard InChI is InChI=1S/C5H8FN3/c6-5-1-3(7)4(8)2-9-5/h1,9H,2,7-8H2. The van der Waals surface area contributed by atoms with Gasteiger partial charge in [0.2, 0.25) is 0 Å². The lowest BCUT2D eigenvalue weighted by atomic mass is 10.3. The Bertz CT molecular complexity index is 183. The molecule has 0 radical (unpaired) electrons. The van der Waals surface area contributed by atoms with E-state index in [9.17, 15) is 4.39 Å². The molecule has 0 saturated heterocycles. The highest BCUT2D eigenvalue weighted by Crippen LogP contribution is 2.03. The van der Waals surface area contributed by atoms with Gasteiger partial charge in [-0.3, -0.25) is 0 Å². The molecule has 1 aliphatic rings. The van der Waals surface area contributed by atoms with Crippen molar-refractivity contribution in [3.8, 4) is 0 Å². The molecule has 0 saturated carbocycles. The van der Waals surface area contributed by atoms with E-state index in [2.05, 4.69) is 5.32 Å². The lowest BCUT2D eigenvalue weighted by Gasteiger charge is -2.11. The Morgan fingerprint density at radius 3 is 2.67 bits per heavy atom. The average Bonchev–Trinajstić information content (AvgIpc) is 1.80. The van der Waals surface area contributed by atoms with Gasteiger partial charge in [0, 0.05) is 6.08 Å². The molecular weight excluding hydrogens is 121 g/mol. The molecule has 0 spiro atoms. The number of hydrogen-bond acceptors (Lipinski definition) is 3. The first-order valence-electron chi connectivity index (χ1n) is 2.55. The molecule has 0 aromatic heterocycles. The van der Waals surface area contributed by atoms with Crippen LogP contribution in [0.1, 0.15) is 0 Å². The fourth-order valence-corrected chi connectivity index (χ4v) is 0.562. The first-order valence-corrected chi connectivity index (χ1v) is 2.55. The largest absolute Gasteiger partial charge is 0.399 e. The number of dihydropyridines is 1. The summed E-state index contributed by atoms with van der Waals surface area (Å²) in [7, 11) is 0. The monoisotopic (exact) mass is 129 g/mol. The molecule has 0 aromatic rings. The second-order valence-corrected chi connectivity index (χ2v) is 1.83. The molecule has 0 unspecified atom stereocenters. The molecule has 1 heterocycles. The predicted molar refractivity (Wildman–Crippen MR) is 32.6 cm³/mol. The van der Waals surface area contributed by atoms with Crippen molar-refractivity contribution in [2.75, 3.05) is 6.54 Å². The van der Waals surface area contributed by atoms with Crippen LogP contribution in [-0.2, 0) is 0 Å². The van der Waals surface area contributed by atoms with Gasteiger partial charge in [-0.1, -0.05) is 0 Å². The minimum absolute atomic E-state index is 0.300. The Balaban J connectivity index is 2.83. The van der Waals surface area contributed by atoms with Crippen molar-refractivity contribution in [2.45, 2.75) is 0 Å². The van der Waals surface area contributed by atoms with Crippen LogP contribution in [0.25, 0.3) is 0 Å². The highest BCUT2D eigenvalue weighted by Gasteiger charge is 2.05. The Morgan fingerprint density at radius 1 is 1.56 bits per heavy atom. The first-order chi connectivity index (χ1) is 4.20. The summed E-state index contributed by atoms with van der Waals surface area (Å²) in [5, 5.41) is 2.39. The van der Waals surface area contributed by atoms with E-state index in [-0.39, 0.29) is 0 Å². The number of hydrogen-bond donors (Lipinski definition) is 3. The van der Waals surface area contributed by atoms with Crippen molar-refractivity contribution in [1.82, 2.24) is 5.32 Å². The molecule has 4 heteroatoms. The molecule has 5 N–H and O–H groups in total. The summed E-state index contributed by atoms with van der Waals surface area (Å²) in [4.78, 5) is 0. The Labute approximate surface area is 52.2 Å². The summed E-state index contributed by atoms with van der Waals surface area (Å²) in [6.45, 7) is 0.300. The maximum Gasteiger partial charge on any atom is 0.189 e. The predicted octanol–water partition coefficient (Wildman–Crippen LogP) is -0.471. The van der Waals surface area contributed by atoms with Crippen molar-refractivity contribution in [1.29, 1.82) is 0 Å². The first kappa shape index (κ1) is 5.94. The van der Waals surface area contributed by atoms with Crippen molar-refractivity contribution >= 4 is 0 Å². The quantitative estimate of drug-likeness (QED) is 0.387. The van der Waals surface area contributed by atoms with Gasteiger partial charge in [0.25, 0.3) is 0 Å². The van der Waals surface area contributed by atoms with Crippen LogP contribution in [0.15, 0.2) is 23.4 Å². The van der Waals surface area contributed by atoms with Gasteiger partial charge in [0.15, 0.2) is 5.95 Å². The van der Waals surface area contributed by atoms with E-state index in [4.69, 9.17) is 11.5 Å². The highest BCUT2D eigenvalue weighted by molar-refractivity contribution is 5.26. The van der Waals surface area contributed by atoms with Gasteiger partial charge in [0.1, 0.15) is 0 Å². The number of halogens is 1. The molecule has 1 rings (SSSR count).